The Morgan fingerprint density at radius 1 is 1.04 bits per heavy atom. The first-order chi connectivity index (χ1) is 11.2. The van der Waals surface area contributed by atoms with Gasteiger partial charge in [0.15, 0.2) is 0 Å². The van der Waals surface area contributed by atoms with Gasteiger partial charge in [-0.2, -0.15) is 0 Å². The zero-order chi connectivity index (χ0) is 15.8. The molecule has 1 aromatic heterocycles. The van der Waals surface area contributed by atoms with Gasteiger partial charge in [0.1, 0.15) is 0 Å². The van der Waals surface area contributed by atoms with E-state index in [9.17, 15) is 4.79 Å². The van der Waals surface area contributed by atoms with Crippen molar-refractivity contribution < 1.29 is 4.79 Å². The van der Waals surface area contributed by atoms with E-state index in [1.165, 1.54) is 0 Å². The number of amides is 1. The third kappa shape index (κ3) is 2.58. The molecule has 112 valence electrons. The first kappa shape index (κ1) is 13.9. The van der Waals surface area contributed by atoms with Crippen LogP contribution in [0.2, 0.25) is 0 Å². The number of nitrogens with one attached hydrogen (secondary N) is 1. The van der Waals surface area contributed by atoms with Gasteiger partial charge < -0.3 is 5.32 Å². The van der Waals surface area contributed by atoms with Crippen LogP contribution in [0.25, 0.3) is 21.0 Å². The minimum Gasteiger partial charge on any atom is -0.321 e. The lowest BCUT2D eigenvalue weighted by Gasteiger charge is -2.08. The van der Waals surface area contributed by atoms with Gasteiger partial charge in [-0.15, -0.1) is 11.3 Å². The number of benzene rings is 3. The van der Waals surface area contributed by atoms with Crippen LogP contribution in [0.1, 0.15) is 15.4 Å². The molecule has 0 unspecified atom stereocenters. The molecule has 1 N–H and O–H groups in total. The van der Waals surface area contributed by atoms with Crippen molar-refractivity contribution >= 4 is 43.9 Å². The largest absolute Gasteiger partial charge is 0.321 e. The molecule has 0 radical (unpaired) electrons. The minimum atomic E-state index is -0.117. The maximum atomic E-state index is 12.6. The van der Waals surface area contributed by atoms with Gasteiger partial charge in [0.25, 0.3) is 5.91 Å². The third-order valence-electron chi connectivity index (χ3n) is 3.79. The molecule has 0 aliphatic rings. The Kier molecular flexibility index (Phi) is 3.32. The fourth-order valence-corrected chi connectivity index (χ4v) is 3.52. The van der Waals surface area contributed by atoms with Crippen molar-refractivity contribution in [3.8, 4) is 0 Å². The van der Waals surface area contributed by atoms with Crippen LogP contribution in [0.4, 0.5) is 5.69 Å². The highest BCUT2D eigenvalue weighted by Gasteiger charge is 2.10. The van der Waals surface area contributed by atoms with Crippen molar-refractivity contribution in [3.63, 3.8) is 0 Å². The van der Waals surface area contributed by atoms with E-state index in [1.54, 1.807) is 11.3 Å². The molecule has 3 aromatic carbocycles. The molecule has 0 bridgehead atoms. The van der Waals surface area contributed by atoms with Crippen LogP contribution >= 0.6 is 11.3 Å². The number of anilines is 1. The lowest BCUT2D eigenvalue weighted by Crippen LogP contribution is -2.12. The molecular weight excluding hydrogens is 304 g/mol. The van der Waals surface area contributed by atoms with Crippen molar-refractivity contribution in [1.29, 1.82) is 0 Å². The Morgan fingerprint density at radius 2 is 1.87 bits per heavy atom. The van der Waals surface area contributed by atoms with Gasteiger partial charge in [0, 0.05) is 16.6 Å². The Bertz CT molecular complexity index is 1030. The number of aryl methyl sites for hydroxylation is 1. The number of nitrogens with zero attached hydrogens (tertiary/aromatic N) is 1. The topological polar surface area (TPSA) is 42.0 Å². The number of carbonyl (C=O) groups excluding carboxylic acids is 1. The third-order valence-corrected chi connectivity index (χ3v) is 4.75. The number of fused-ring (bicyclic) bond motifs is 2. The highest BCUT2D eigenvalue weighted by molar-refractivity contribution is 7.18. The van der Waals surface area contributed by atoms with Crippen molar-refractivity contribution in [1.82, 2.24) is 4.98 Å². The average Bonchev–Trinajstić information content (AvgIpc) is 2.94. The summed E-state index contributed by atoms with van der Waals surface area (Å²) in [6.45, 7) is 1.97. The van der Waals surface area contributed by atoms with Crippen molar-refractivity contribution in [3.05, 3.63) is 71.2 Å². The monoisotopic (exact) mass is 318 g/mol. The van der Waals surface area contributed by atoms with E-state index in [0.717, 1.165) is 31.7 Å². The molecule has 0 saturated heterocycles. The molecule has 1 amide bonds. The molecule has 4 heteroatoms. The first-order valence-corrected chi connectivity index (χ1v) is 8.19. The molecule has 0 spiro atoms. The van der Waals surface area contributed by atoms with E-state index in [-0.39, 0.29) is 5.91 Å². The van der Waals surface area contributed by atoms with Gasteiger partial charge in [-0.3, -0.25) is 4.79 Å². The van der Waals surface area contributed by atoms with Crippen LogP contribution in [-0.4, -0.2) is 10.9 Å². The van der Waals surface area contributed by atoms with Crippen LogP contribution in [0.5, 0.6) is 0 Å². The molecule has 0 fully saturated rings. The smallest absolute Gasteiger partial charge is 0.255 e. The van der Waals surface area contributed by atoms with E-state index >= 15 is 0 Å². The molecule has 1 heterocycles. The Labute approximate surface area is 137 Å². The predicted molar refractivity (Wildman–Crippen MR) is 96.3 cm³/mol. The number of rotatable bonds is 2. The molecule has 0 aliphatic carbocycles. The Hall–Kier alpha value is -2.72. The highest BCUT2D eigenvalue weighted by Crippen LogP contribution is 2.25. The number of hydrogen-bond donors (Lipinski definition) is 1. The summed E-state index contributed by atoms with van der Waals surface area (Å²) in [5, 5.41) is 6.16. The van der Waals surface area contributed by atoms with E-state index in [0.29, 0.717) is 5.56 Å². The normalized spacial score (nSPS) is 11.0. The number of hydrogen-bond acceptors (Lipinski definition) is 3. The molecular formula is C19H14N2OS. The zero-order valence-corrected chi connectivity index (χ0v) is 13.4. The quantitative estimate of drug-likeness (QED) is 0.564. The van der Waals surface area contributed by atoms with Gasteiger partial charge in [-0.05, 0) is 36.6 Å². The van der Waals surface area contributed by atoms with Crippen LogP contribution in [0.15, 0.2) is 60.7 Å². The summed E-state index contributed by atoms with van der Waals surface area (Å²) < 4.78 is 1.10. The second kappa shape index (κ2) is 5.48. The van der Waals surface area contributed by atoms with E-state index in [4.69, 9.17) is 0 Å². The molecule has 0 saturated carbocycles. The molecule has 0 atom stereocenters. The maximum Gasteiger partial charge on any atom is 0.255 e. The van der Waals surface area contributed by atoms with E-state index < -0.39 is 0 Å². The Morgan fingerprint density at radius 3 is 2.78 bits per heavy atom. The van der Waals surface area contributed by atoms with Crippen molar-refractivity contribution in [2.45, 2.75) is 6.92 Å². The van der Waals surface area contributed by atoms with Gasteiger partial charge in [0.05, 0.1) is 15.2 Å². The summed E-state index contributed by atoms with van der Waals surface area (Å²) in [5.41, 5.74) is 2.32. The van der Waals surface area contributed by atoms with Gasteiger partial charge in [-0.25, -0.2) is 4.98 Å². The fourth-order valence-electron chi connectivity index (χ4n) is 2.71. The Balaban J connectivity index is 1.70. The zero-order valence-electron chi connectivity index (χ0n) is 12.5. The summed E-state index contributed by atoms with van der Waals surface area (Å²) in [4.78, 5) is 17.0. The second-order valence-electron chi connectivity index (χ2n) is 5.40. The summed E-state index contributed by atoms with van der Waals surface area (Å²) in [5.74, 6) is -0.117. The number of aromatic nitrogens is 1. The highest BCUT2D eigenvalue weighted by atomic mass is 32.1. The maximum absolute atomic E-state index is 12.6. The minimum absolute atomic E-state index is 0.117. The SMILES string of the molecule is Cc1nc2cc(C(=O)Nc3cccc4ccccc34)ccc2s1. The van der Waals surface area contributed by atoms with Gasteiger partial charge in [-0.1, -0.05) is 36.4 Å². The second-order valence-corrected chi connectivity index (χ2v) is 6.63. The van der Waals surface area contributed by atoms with Crippen LogP contribution in [0, 0.1) is 6.92 Å². The summed E-state index contributed by atoms with van der Waals surface area (Å²) >= 11 is 1.64. The van der Waals surface area contributed by atoms with Crippen LogP contribution in [0.3, 0.4) is 0 Å². The van der Waals surface area contributed by atoms with Crippen LogP contribution < -0.4 is 5.32 Å². The van der Waals surface area contributed by atoms with Gasteiger partial charge >= 0.3 is 0 Å². The molecule has 4 rings (SSSR count). The van der Waals surface area contributed by atoms with E-state index in [2.05, 4.69) is 10.3 Å². The predicted octanol–water partition coefficient (Wildman–Crippen LogP) is 5.01. The van der Waals surface area contributed by atoms with Crippen molar-refractivity contribution in [2.75, 3.05) is 5.32 Å². The fraction of sp³-hybridized carbons (Fsp3) is 0.0526. The number of thiazole rings is 1. The standard InChI is InChI=1S/C19H14N2OS/c1-12-20-17-11-14(9-10-18(17)23-12)19(22)21-16-8-4-6-13-5-2-3-7-15(13)16/h2-11H,1H3,(H,21,22). The van der Waals surface area contributed by atoms with Crippen LogP contribution in [-0.2, 0) is 0 Å². The average molecular weight is 318 g/mol. The molecule has 3 nitrogen and oxygen atoms in total. The van der Waals surface area contributed by atoms with Crippen molar-refractivity contribution in [2.24, 2.45) is 0 Å². The molecule has 0 aliphatic heterocycles. The lowest BCUT2D eigenvalue weighted by molar-refractivity contribution is 0.102. The van der Waals surface area contributed by atoms with E-state index in [1.807, 2.05) is 67.6 Å². The van der Waals surface area contributed by atoms with Gasteiger partial charge in [0.2, 0.25) is 0 Å². The molecule has 23 heavy (non-hydrogen) atoms. The molecule has 4 aromatic rings. The lowest BCUT2D eigenvalue weighted by atomic mass is 10.1. The summed E-state index contributed by atoms with van der Waals surface area (Å²) in [6, 6.07) is 19.6. The summed E-state index contributed by atoms with van der Waals surface area (Å²) in [6.07, 6.45) is 0. The summed E-state index contributed by atoms with van der Waals surface area (Å²) in [7, 11) is 0. The number of carbonyl (C=O) groups is 1. The first-order valence-electron chi connectivity index (χ1n) is 7.37.